The van der Waals surface area contributed by atoms with Gasteiger partial charge in [-0.2, -0.15) is 26.3 Å². The van der Waals surface area contributed by atoms with Crippen LogP contribution < -0.4 is 10.6 Å². The quantitative estimate of drug-likeness (QED) is 0.650. The Morgan fingerprint density at radius 2 is 1.53 bits per heavy atom. The fraction of sp³-hybridized carbons (Fsp3) is 0.474. The lowest BCUT2D eigenvalue weighted by Crippen LogP contribution is -2.40. The summed E-state index contributed by atoms with van der Waals surface area (Å²) < 4.78 is 82.7. The lowest BCUT2D eigenvalue weighted by Gasteiger charge is -2.30. The van der Waals surface area contributed by atoms with Crippen LogP contribution in [0.15, 0.2) is 28.9 Å². The van der Waals surface area contributed by atoms with Crippen molar-refractivity contribution in [2.75, 3.05) is 5.32 Å². The van der Waals surface area contributed by atoms with Gasteiger partial charge < -0.3 is 15.1 Å². The summed E-state index contributed by atoms with van der Waals surface area (Å²) in [5.74, 6) is -0.140. The van der Waals surface area contributed by atoms with Crippen LogP contribution in [0.25, 0.3) is 0 Å². The zero-order valence-electron chi connectivity index (χ0n) is 15.8. The highest BCUT2D eigenvalue weighted by atomic mass is 19.4. The highest BCUT2D eigenvalue weighted by Crippen LogP contribution is 2.35. The molecule has 2 heterocycles. The number of alkyl halides is 6. The minimum absolute atomic E-state index is 0.158. The summed E-state index contributed by atoms with van der Waals surface area (Å²) in [4.78, 5) is 14.9. The maximum atomic E-state index is 12.9. The van der Waals surface area contributed by atoms with E-state index in [1.165, 1.54) is 6.26 Å². The lowest BCUT2D eigenvalue weighted by atomic mass is 9.91. The molecule has 0 atom stereocenters. The molecule has 5 nitrogen and oxygen atoms in total. The first kappa shape index (κ1) is 22.0. The van der Waals surface area contributed by atoms with Crippen molar-refractivity contribution in [2.45, 2.75) is 57.0 Å². The largest absolute Gasteiger partial charge is 0.459 e. The molecule has 0 aliphatic heterocycles. The number of halogens is 6. The van der Waals surface area contributed by atoms with Gasteiger partial charge in [0.2, 0.25) is 0 Å². The van der Waals surface area contributed by atoms with Gasteiger partial charge >= 0.3 is 12.4 Å². The van der Waals surface area contributed by atoms with Gasteiger partial charge in [0.25, 0.3) is 5.91 Å². The van der Waals surface area contributed by atoms with Gasteiger partial charge in [-0.15, -0.1) is 0 Å². The van der Waals surface area contributed by atoms with Crippen LogP contribution >= 0.6 is 0 Å². The number of carbonyl (C=O) groups excluding carboxylic acids is 1. The van der Waals surface area contributed by atoms with Crippen molar-refractivity contribution in [3.8, 4) is 0 Å². The highest BCUT2D eigenvalue weighted by Gasteiger charge is 2.39. The Labute approximate surface area is 167 Å². The van der Waals surface area contributed by atoms with E-state index in [2.05, 4.69) is 15.6 Å². The van der Waals surface area contributed by atoms with Gasteiger partial charge in [0, 0.05) is 23.3 Å². The minimum Gasteiger partial charge on any atom is -0.459 e. The normalized spacial score (nSPS) is 20.1. The van der Waals surface area contributed by atoms with Gasteiger partial charge in [0.15, 0.2) is 5.76 Å². The van der Waals surface area contributed by atoms with Crippen molar-refractivity contribution in [1.82, 2.24) is 10.3 Å². The first-order valence-corrected chi connectivity index (χ1v) is 9.21. The summed E-state index contributed by atoms with van der Waals surface area (Å²) in [6, 6.07) is 2.32. The van der Waals surface area contributed by atoms with Gasteiger partial charge in [-0.1, -0.05) is 0 Å². The number of amides is 1. The average molecular weight is 435 g/mol. The number of hydrogen-bond acceptors (Lipinski definition) is 4. The van der Waals surface area contributed by atoms with Gasteiger partial charge in [0.1, 0.15) is 11.4 Å². The molecule has 0 aromatic carbocycles. The molecule has 30 heavy (non-hydrogen) atoms. The van der Waals surface area contributed by atoms with Crippen LogP contribution in [-0.4, -0.2) is 23.0 Å². The molecule has 1 aliphatic rings. The van der Waals surface area contributed by atoms with Crippen molar-refractivity contribution >= 4 is 11.6 Å². The van der Waals surface area contributed by atoms with Crippen molar-refractivity contribution in [2.24, 2.45) is 0 Å². The third kappa shape index (κ3) is 5.25. The SMILES string of the molecule is Cc1ccoc1C(=O)N[C@H]1CC[C@@H](Nc2cc(C(F)(F)F)nc(C(F)(F)F)c2)CC1. The van der Waals surface area contributed by atoms with Crippen molar-refractivity contribution in [3.05, 3.63) is 47.2 Å². The molecule has 2 N–H and O–H groups in total. The third-order valence-electron chi connectivity index (χ3n) is 4.91. The molecule has 0 unspecified atom stereocenters. The Balaban J connectivity index is 1.63. The molecule has 3 rings (SSSR count). The number of hydrogen-bond donors (Lipinski definition) is 2. The van der Waals surface area contributed by atoms with Crippen LogP contribution in [0, 0.1) is 6.92 Å². The Bertz CT molecular complexity index is 866. The maximum absolute atomic E-state index is 12.9. The number of nitrogens with zero attached hydrogens (tertiary/aromatic N) is 1. The summed E-state index contributed by atoms with van der Waals surface area (Å²) >= 11 is 0. The van der Waals surface area contributed by atoms with Gasteiger partial charge in [-0.05, 0) is 50.8 Å². The number of aromatic nitrogens is 1. The number of furan rings is 1. The molecule has 0 saturated heterocycles. The zero-order valence-corrected chi connectivity index (χ0v) is 15.8. The Kier molecular flexibility index (Phi) is 6.00. The molecule has 164 valence electrons. The molecule has 2 aromatic rings. The summed E-state index contributed by atoms with van der Waals surface area (Å²) in [5.41, 5.74) is -2.80. The van der Waals surface area contributed by atoms with Gasteiger partial charge in [-0.25, -0.2) is 4.98 Å². The maximum Gasteiger partial charge on any atom is 0.433 e. The molecule has 0 spiro atoms. The molecule has 1 saturated carbocycles. The molecule has 11 heteroatoms. The second-order valence-corrected chi connectivity index (χ2v) is 7.22. The Morgan fingerprint density at radius 1 is 1.00 bits per heavy atom. The number of nitrogens with one attached hydrogen (secondary N) is 2. The van der Waals surface area contributed by atoms with E-state index in [0.29, 0.717) is 43.4 Å². The van der Waals surface area contributed by atoms with Crippen molar-refractivity contribution in [3.63, 3.8) is 0 Å². The van der Waals surface area contributed by atoms with Crippen LogP contribution in [-0.2, 0) is 12.4 Å². The first-order valence-electron chi connectivity index (χ1n) is 9.21. The van der Waals surface area contributed by atoms with E-state index >= 15 is 0 Å². The molecule has 1 fully saturated rings. The molecule has 0 bridgehead atoms. The highest BCUT2D eigenvalue weighted by molar-refractivity contribution is 5.92. The molecular weight excluding hydrogens is 416 g/mol. The second kappa shape index (κ2) is 8.19. The molecule has 2 aromatic heterocycles. The lowest BCUT2D eigenvalue weighted by molar-refractivity contribution is -0.150. The van der Waals surface area contributed by atoms with E-state index in [1.807, 2.05) is 0 Å². The van der Waals surface area contributed by atoms with Crippen LogP contribution in [0.4, 0.5) is 32.0 Å². The van der Waals surface area contributed by atoms with E-state index < -0.39 is 23.7 Å². The Hall–Kier alpha value is -2.72. The van der Waals surface area contributed by atoms with E-state index in [1.54, 1.807) is 13.0 Å². The monoisotopic (exact) mass is 435 g/mol. The van der Waals surface area contributed by atoms with Crippen LogP contribution in [0.3, 0.4) is 0 Å². The first-order chi connectivity index (χ1) is 13.9. The van der Waals surface area contributed by atoms with Crippen LogP contribution in [0.1, 0.15) is 53.2 Å². The topological polar surface area (TPSA) is 67.2 Å². The predicted molar refractivity (Wildman–Crippen MR) is 94.8 cm³/mol. The number of rotatable bonds is 4. The van der Waals surface area contributed by atoms with Crippen LogP contribution in [0.5, 0.6) is 0 Å². The summed E-state index contributed by atoms with van der Waals surface area (Å²) in [5, 5.41) is 5.58. The van der Waals surface area contributed by atoms with E-state index in [4.69, 9.17) is 4.42 Å². The summed E-state index contributed by atoms with van der Waals surface area (Å²) in [7, 11) is 0. The van der Waals surface area contributed by atoms with E-state index in [-0.39, 0.29) is 29.4 Å². The zero-order chi connectivity index (χ0) is 22.1. The number of carbonyl (C=O) groups is 1. The summed E-state index contributed by atoms with van der Waals surface area (Å²) in [6.07, 6.45) is -6.61. The van der Waals surface area contributed by atoms with Gasteiger partial charge in [-0.3, -0.25) is 4.79 Å². The predicted octanol–water partition coefficient (Wildman–Crippen LogP) is 5.17. The number of pyridine rings is 1. The second-order valence-electron chi connectivity index (χ2n) is 7.22. The standard InChI is InChI=1S/C19H19F6N3O2/c1-10-6-7-30-16(10)17(29)27-12-4-2-11(3-5-12)26-13-8-14(18(20,21)22)28-15(9-13)19(23,24)25/h6-9,11-12H,2-5H2,1H3,(H,26,28)(H,27,29)/t11-,12+. The van der Waals surface area contributed by atoms with E-state index in [9.17, 15) is 31.1 Å². The van der Waals surface area contributed by atoms with Crippen molar-refractivity contribution in [1.29, 1.82) is 0 Å². The van der Waals surface area contributed by atoms with Gasteiger partial charge in [0.05, 0.1) is 6.26 Å². The molecule has 0 radical (unpaired) electrons. The number of anilines is 1. The molecule has 1 amide bonds. The smallest absolute Gasteiger partial charge is 0.433 e. The van der Waals surface area contributed by atoms with E-state index in [0.717, 1.165) is 0 Å². The average Bonchev–Trinajstić information content (AvgIpc) is 3.08. The third-order valence-corrected chi connectivity index (χ3v) is 4.91. The number of aryl methyl sites for hydroxylation is 1. The van der Waals surface area contributed by atoms with Crippen molar-refractivity contribution < 1.29 is 35.6 Å². The summed E-state index contributed by atoms with van der Waals surface area (Å²) in [6.45, 7) is 1.73. The fourth-order valence-electron chi connectivity index (χ4n) is 3.38. The minimum atomic E-state index is -5.00. The van der Waals surface area contributed by atoms with Crippen LogP contribution in [0.2, 0.25) is 0 Å². The molecule has 1 aliphatic carbocycles. The fourth-order valence-corrected chi connectivity index (χ4v) is 3.38. The Morgan fingerprint density at radius 3 is 2.00 bits per heavy atom. The molecular formula is C19H19F6N3O2.